The fourth-order valence-corrected chi connectivity index (χ4v) is 5.46. The molecule has 17 heteroatoms. The highest BCUT2D eigenvalue weighted by atomic mass is 19.4. The summed E-state index contributed by atoms with van der Waals surface area (Å²) < 4.78 is 117. The number of anilines is 1. The Hall–Kier alpha value is -5.06. The van der Waals surface area contributed by atoms with Crippen LogP contribution in [0.2, 0.25) is 0 Å². The number of carbonyl (C=O) groups is 2. The number of hydrogen-bond donors (Lipinski definition) is 2. The molecule has 0 spiro atoms. The Balaban J connectivity index is 1.45. The quantitative estimate of drug-likeness (QED) is 0.261. The number of fused-ring (bicyclic) bond motifs is 1. The smallest absolute Gasteiger partial charge is 0.417 e. The van der Waals surface area contributed by atoms with E-state index in [1.165, 1.54) is 30.5 Å². The van der Waals surface area contributed by atoms with E-state index in [9.17, 15) is 45.8 Å². The summed E-state index contributed by atoms with van der Waals surface area (Å²) in [7, 11) is 1.15. The van der Waals surface area contributed by atoms with Crippen LogP contribution in [0.3, 0.4) is 0 Å². The number of aromatic nitrogens is 2. The number of benzene rings is 2. The van der Waals surface area contributed by atoms with E-state index in [2.05, 4.69) is 4.98 Å². The van der Waals surface area contributed by atoms with E-state index in [-0.39, 0.29) is 40.7 Å². The Morgan fingerprint density at radius 2 is 1.75 bits per heavy atom. The van der Waals surface area contributed by atoms with Gasteiger partial charge >= 0.3 is 18.3 Å². The zero-order valence-electron chi connectivity index (χ0n) is 24.6. The minimum absolute atomic E-state index is 0.00854. The van der Waals surface area contributed by atoms with Crippen molar-refractivity contribution in [1.29, 1.82) is 0 Å². The Bertz CT molecular complexity index is 1940. The molecule has 5 rings (SSSR count). The van der Waals surface area contributed by atoms with Gasteiger partial charge in [-0.25, -0.2) is 13.6 Å². The second-order valence-electron chi connectivity index (χ2n) is 10.9. The summed E-state index contributed by atoms with van der Waals surface area (Å²) in [5.41, 5.74) is -3.70. The first-order valence-corrected chi connectivity index (χ1v) is 14.1. The SMILES string of the molecule is Cn1cc(C(F)(F)F)cc(-c2ccc(CC(NC(=O)c3c(F)cc(N4CCOC[C@@H]4C(F)(F)F)cc3F)C(=O)O)c3cccnc23)c1=O. The molecule has 0 radical (unpaired) electrons. The molecule has 1 aliphatic heterocycles. The number of ether oxygens (including phenoxy) is 1. The molecule has 1 aliphatic rings. The summed E-state index contributed by atoms with van der Waals surface area (Å²) in [4.78, 5) is 42.9. The van der Waals surface area contributed by atoms with E-state index >= 15 is 8.78 Å². The highest BCUT2D eigenvalue weighted by Gasteiger charge is 2.46. The van der Waals surface area contributed by atoms with Crippen molar-refractivity contribution in [2.24, 2.45) is 7.05 Å². The van der Waals surface area contributed by atoms with Crippen LogP contribution in [0.25, 0.3) is 22.0 Å². The molecule has 0 saturated carbocycles. The van der Waals surface area contributed by atoms with Crippen LogP contribution in [0.15, 0.2) is 59.7 Å². The third-order valence-corrected chi connectivity index (χ3v) is 7.78. The van der Waals surface area contributed by atoms with Crippen molar-refractivity contribution in [1.82, 2.24) is 14.9 Å². The Morgan fingerprint density at radius 3 is 2.38 bits per heavy atom. The van der Waals surface area contributed by atoms with Gasteiger partial charge in [-0.2, -0.15) is 26.3 Å². The number of morpholine rings is 1. The van der Waals surface area contributed by atoms with Crippen molar-refractivity contribution < 1.29 is 54.6 Å². The topological polar surface area (TPSA) is 114 Å². The van der Waals surface area contributed by atoms with Gasteiger partial charge in [0.25, 0.3) is 11.5 Å². The number of carboxylic acid groups (broad SMARTS) is 1. The number of rotatable bonds is 7. The molecule has 254 valence electrons. The van der Waals surface area contributed by atoms with E-state index in [0.717, 1.165) is 11.6 Å². The maximum atomic E-state index is 15.1. The first kappa shape index (κ1) is 34.3. The number of pyridine rings is 2. The van der Waals surface area contributed by atoms with E-state index in [4.69, 9.17) is 4.74 Å². The molecule has 1 fully saturated rings. The molecule has 3 heterocycles. The van der Waals surface area contributed by atoms with Crippen molar-refractivity contribution in [2.75, 3.05) is 24.7 Å². The fraction of sp³-hybridized carbons (Fsp3) is 0.290. The molecule has 1 saturated heterocycles. The van der Waals surface area contributed by atoms with Crippen molar-refractivity contribution in [3.8, 4) is 11.1 Å². The van der Waals surface area contributed by atoms with E-state index in [0.29, 0.717) is 29.3 Å². The highest BCUT2D eigenvalue weighted by molar-refractivity contribution is 5.98. The predicted octanol–water partition coefficient (Wildman–Crippen LogP) is 5.09. The Labute approximate surface area is 265 Å². The lowest BCUT2D eigenvalue weighted by Crippen LogP contribution is -2.53. The summed E-state index contributed by atoms with van der Waals surface area (Å²) in [6.45, 7) is -1.28. The third kappa shape index (κ3) is 6.81. The van der Waals surface area contributed by atoms with Gasteiger partial charge in [-0.1, -0.05) is 18.2 Å². The standard InChI is InChI=1S/C31H24F8N4O5/c1-42-13-16(30(34,35)36)10-20(28(42)45)19-5-4-15(18-3-2-6-40-26(18)19)9-23(29(46)47)41-27(44)25-21(32)11-17(12-22(25)33)43-7-8-48-14-24(43)31(37,38)39/h2-6,10-13,23-24H,7-9,14H2,1H3,(H,41,44)(H,46,47)/t23?,24-/m1/s1. The van der Waals surface area contributed by atoms with E-state index in [1.807, 2.05) is 5.32 Å². The van der Waals surface area contributed by atoms with Gasteiger partial charge < -0.3 is 24.6 Å². The lowest BCUT2D eigenvalue weighted by Gasteiger charge is -2.38. The van der Waals surface area contributed by atoms with Crippen molar-refractivity contribution in [3.63, 3.8) is 0 Å². The summed E-state index contributed by atoms with van der Waals surface area (Å²) in [6.07, 6.45) is -8.14. The zero-order valence-corrected chi connectivity index (χ0v) is 24.6. The number of nitrogens with zero attached hydrogens (tertiary/aromatic N) is 3. The number of aliphatic carboxylic acids is 1. The summed E-state index contributed by atoms with van der Waals surface area (Å²) in [5, 5.41) is 12.1. The van der Waals surface area contributed by atoms with Crippen LogP contribution in [0.4, 0.5) is 40.8 Å². The van der Waals surface area contributed by atoms with Crippen LogP contribution >= 0.6 is 0 Å². The summed E-state index contributed by atoms with van der Waals surface area (Å²) in [5.74, 6) is -6.22. The molecule has 2 N–H and O–H groups in total. The number of carbonyl (C=O) groups excluding carboxylic acids is 1. The van der Waals surface area contributed by atoms with Gasteiger partial charge in [0, 0.05) is 54.6 Å². The molecule has 0 aliphatic carbocycles. The van der Waals surface area contributed by atoms with Gasteiger partial charge in [0.2, 0.25) is 0 Å². The molecule has 1 amide bonds. The van der Waals surface area contributed by atoms with Crippen LogP contribution in [-0.4, -0.2) is 64.6 Å². The van der Waals surface area contributed by atoms with Crippen LogP contribution in [-0.2, 0) is 29.2 Å². The number of nitrogens with one attached hydrogen (secondary N) is 1. The second kappa shape index (κ2) is 12.9. The monoisotopic (exact) mass is 684 g/mol. The minimum atomic E-state index is -4.79. The molecule has 48 heavy (non-hydrogen) atoms. The molecule has 1 unspecified atom stereocenters. The van der Waals surface area contributed by atoms with Gasteiger partial charge in [0.15, 0.2) is 0 Å². The lowest BCUT2D eigenvalue weighted by molar-refractivity contribution is -0.167. The van der Waals surface area contributed by atoms with E-state index < -0.39 is 83.3 Å². The molecule has 2 atom stereocenters. The molecule has 4 aromatic rings. The van der Waals surface area contributed by atoms with Gasteiger partial charge in [-0.15, -0.1) is 0 Å². The summed E-state index contributed by atoms with van der Waals surface area (Å²) >= 11 is 0. The number of aryl methyl sites for hydroxylation is 1. The highest BCUT2D eigenvalue weighted by Crippen LogP contribution is 2.35. The van der Waals surface area contributed by atoms with Crippen LogP contribution < -0.4 is 15.8 Å². The van der Waals surface area contributed by atoms with Gasteiger partial charge in [0.05, 0.1) is 24.3 Å². The van der Waals surface area contributed by atoms with Gasteiger partial charge in [0.1, 0.15) is 29.3 Å². The molecular formula is C31H24F8N4O5. The number of hydrogen-bond acceptors (Lipinski definition) is 6. The van der Waals surface area contributed by atoms with Crippen molar-refractivity contribution >= 4 is 28.5 Å². The molecule has 0 bridgehead atoms. The number of amides is 1. The van der Waals surface area contributed by atoms with Crippen LogP contribution in [0.5, 0.6) is 0 Å². The number of halogens is 8. The second-order valence-corrected chi connectivity index (χ2v) is 10.9. The largest absolute Gasteiger partial charge is 0.480 e. The van der Waals surface area contributed by atoms with Gasteiger partial charge in [-0.05, 0) is 29.8 Å². The minimum Gasteiger partial charge on any atom is -0.480 e. The van der Waals surface area contributed by atoms with E-state index in [1.54, 1.807) is 0 Å². The first-order chi connectivity index (χ1) is 22.5. The molecular weight excluding hydrogens is 660 g/mol. The molecule has 2 aromatic heterocycles. The average molecular weight is 685 g/mol. The maximum absolute atomic E-state index is 15.1. The third-order valence-electron chi connectivity index (χ3n) is 7.78. The molecule has 9 nitrogen and oxygen atoms in total. The number of alkyl halides is 6. The van der Waals surface area contributed by atoms with Crippen molar-refractivity contribution in [3.05, 3.63) is 93.5 Å². The molecule has 2 aromatic carbocycles. The van der Waals surface area contributed by atoms with Crippen LogP contribution in [0, 0.1) is 11.6 Å². The summed E-state index contributed by atoms with van der Waals surface area (Å²) in [6, 6.07) is 3.20. The average Bonchev–Trinajstić information content (AvgIpc) is 3.01. The van der Waals surface area contributed by atoms with Gasteiger partial charge in [-0.3, -0.25) is 14.6 Å². The number of carboxylic acids is 1. The fourth-order valence-electron chi connectivity index (χ4n) is 5.46. The first-order valence-electron chi connectivity index (χ1n) is 14.1. The zero-order chi connectivity index (χ0) is 35.1. The Morgan fingerprint density at radius 1 is 1.06 bits per heavy atom. The van der Waals surface area contributed by atoms with Crippen LogP contribution in [0.1, 0.15) is 21.5 Å². The van der Waals surface area contributed by atoms with Crippen molar-refractivity contribution in [2.45, 2.75) is 30.9 Å². The lowest BCUT2D eigenvalue weighted by atomic mass is 9.95. The maximum Gasteiger partial charge on any atom is 0.417 e. The Kier molecular flexibility index (Phi) is 9.18. The predicted molar refractivity (Wildman–Crippen MR) is 154 cm³/mol. The normalized spacial score (nSPS) is 16.2.